The van der Waals surface area contributed by atoms with Gasteiger partial charge >= 0.3 is 5.97 Å². The van der Waals surface area contributed by atoms with Gasteiger partial charge in [-0.05, 0) is 31.5 Å². The zero-order valence-electron chi connectivity index (χ0n) is 14.2. The van der Waals surface area contributed by atoms with Gasteiger partial charge < -0.3 is 14.8 Å². The van der Waals surface area contributed by atoms with E-state index in [1.54, 1.807) is 38.5 Å². The fraction of sp³-hybridized carbons (Fsp3) is 0.529. The Morgan fingerprint density at radius 3 is 2.26 bits per heavy atom. The predicted molar refractivity (Wildman–Crippen MR) is 94.7 cm³/mol. The number of esters is 1. The van der Waals surface area contributed by atoms with Crippen LogP contribution in [0, 0.1) is 0 Å². The van der Waals surface area contributed by atoms with Crippen LogP contribution in [0.1, 0.15) is 37.0 Å². The van der Waals surface area contributed by atoms with E-state index in [0.717, 1.165) is 23.9 Å². The van der Waals surface area contributed by atoms with Crippen molar-refractivity contribution < 1.29 is 19.1 Å². The van der Waals surface area contributed by atoms with E-state index >= 15 is 0 Å². The van der Waals surface area contributed by atoms with Crippen LogP contribution < -0.4 is 5.32 Å². The Morgan fingerprint density at radius 2 is 1.78 bits per heavy atom. The molecule has 0 spiro atoms. The second kappa shape index (κ2) is 13.2. The van der Waals surface area contributed by atoms with Crippen LogP contribution in [0.4, 0.5) is 0 Å². The largest absolute Gasteiger partial charge is 0.456 e. The van der Waals surface area contributed by atoms with Gasteiger partial charge in [-0.15, -0.1) is 0 Å². The first kappa shape index (κ1) is 21.8. The third-order valence-corrected chi connectivity index (χ3v) is 3.39. The van der Waals surface area contributed by atoms with Crippen LogP contribution in [-0.2, 0) is 14.3 Å². The molecule has 2 rings (SSSR count). The average molecular weight is 388 g/mol. The van der Waals surface area contributed by atoms with Gasteiger partial charge in [0.15, 0.2) is 12.4 Å². The number of carbonyl (C=O) groups is 2. The molecule has 1 aliphatic rings. The fourth-order valence-corrected chi connectivity index (χ4v) is 2.11. The summed E-state index contributed by atoms with van der Waals surface area (Å²) in [5, 5.41) is 3.04. The van der Waals surface area contributed by atoms with Crippen molar-refractivity contribution in [1.29, 1.82) is 0 Å². The van der Waals surface area contributed by atoms with Crippen LogP contribution in [-0.4, -0.2) is 45.2 Å². The maximum Gasteiger partial charge on any atom is 0.323 e. The zero-order valence-corrected chi connectivity index (χ0v) is 15.8. The van der Waals surface area contributed by atoms with Crippen molar-refractivity contribution in [2.75, 3.05) is 27.4 Å². The molecule has 23 heavy (non-hydrogen) atoms. The lowest BCUT2D eigenvalue weighted by Gasteiger charge is -2.09. The number of nitrogens with one attached hydrogen (secondary N) is 1. The van der Waals surface area contributed by atoms with Gasteiger partial charge in [-0.3, -0.25) is 9.59 Å². The van der Waals surface area contributed by atoms with Crippen molar-refractivity contribution in [3.05, 3.63) is 34.3 Å². The van der Waals surface area contributed by atoms with Crippen molar-refractivity contribution in [2.45, 2.75) is 32.7 Å². The molecule has 0 bridgehead atoms. The number of carbonyl (C=O) groups excluding carboxylic acids is 2. The first-order valence-corrected chi connectivity index (χ1v) is 8.46. The molecule has 1 saturated heterocycles. The van der Waals surface area contributed by atoms with Crippen LogP contribution in [0.3, 0.4) is 0 Å². The van der Waals surface area contributed by atoms with E-state index in [2.05, 4.69) is 26.0 Å². The van der Waals surface area contributed by atoms with Crippen molar-refractivity contribution in [2.24, 2.45) is 0 Å². The quantitative estimate of drug-likeness (QED) is 0.634. The molecule has 130 valence electrons. The third kappa shape index (κ3) is 8.83. The molecule has 1 fully saturated rings. The molecule has 0 aromatic heterocycles. The fourth-order valence-electron chi connectivity index (χ4n) is 1.84. The highest BCUT2D eigenvalue weighted by atomic mass is 79.9. The Bertz CT molecular complexity index is 456. The van der Waals surface area contributed by atoms with E-state index in [-0.39, 0.29) is 24.4 Å². The van der Waals surface area contributed by atoms with Gasteiger partial charge in [0.25, 0.3) is 0 Å². The lowest BCUT2D eigenvalue weighted by molar-refractivity contribution is -0.144. The van der Waals surface area contributed by atoms with Gasteiger partial charge in [-0.25, -0.2) is 0 Å². The second-order valence-electron chi connectivity index (χ2n) is 4.59. The SMILES string of the molecule is CC.COC.O=C(COC(=O)[C@@H]1CCCN1)c1ccc(Br)cc1. The Morgan fingerprint density at radius 1 is 1.22 bits per heavy atom. The summed E-state index contributed by atoms with van der Waals surface area (Å²) in [4.78, 5) is 23.4. The highest BCUT2D eigenvalue weighted by Crippen LogP contribution is 2.11. The molecule has 1 atom stereocenters. The van der Waals surface area contributed by atoms with Gasteiger partial charge in [0, 0.05) is 24.3 Å². The van der Waals surface area contributed by atoms with Gasteiger partial charge in [0.2, 0.25) is 0 Å². The Balaban J connectivity index is 0.000000868. The summed E-state index contributed by atoms with van der Waals surface area (Å²) >= 11 is 3.30. The van der Waals surface area contributed by atoms with Gasteiger partial charge in [-0.1, -0.05) is 41.9 Å². The van der Waals surface area contributed by atoms with E-state index in [1.165, 1.54) is 0 Å². The van der Waals surface area contributed by atoms with Crippen LogP contribution in [0.5, 0.6) is 0 Å². The first-order chi connectivity index (χ1) is 11.1. The number of benzene rings is 1. The summed E-state index contributed by atoms with van der Waals surface area (Å²) in [6.07, 6.45) is 1.76. The van der Waals surface area contributed by atoms with E-state index in [0.29, 0.717) is 5.56 Å². The maximum absolute atomic E-state index is 11.8. The van der Waals surface area contributed by atoms with Gasteiger partial charge in [0.05, 0.1) is 0 Å². The van der Waals surface area contributed by atoms with Crippen molar-refractivity contribution in [3.63, 3.8) is 0 Å². The zero-order chi connectivity index (χ0) is 17.7. The lowest BCUT2D eigenvalue weighted by Crippen LogP contribution is -2.33. The number of halogens is 1. The molecular weight excluding hydrogens is 362 g/mol. The predicted octanol–water partition coefficient (Wildman–Crippen LogP) is 3.22. The average Bonchev–Trinajstić information content (AvgIpc) is 3.10. The molecule has 0 aliphatic carbocycles. The molecule has 1 heterocycles. The van der Waals surface area contributed by atoms with Crippen LogP contribution >= 0.6 is 15.9 Å². The first-order valence-electron chi connectivity index (χ1n) is 7.67. The highest BCUT2D eigenvalue weighted by molar-refractivity contribution is 9.10. The van der Waals surface area contributed by atoms with E-state index < -0.39 is 0 Å². The monoisotopic (exact) mass is 387 g/mol. The number of methoxy groups -OCH3 is 1. The van der Waals surface area contributed by atoms with Crippen LogP contribution in [0.2, 0.25) is 0 Å². The van der Waals surface area contributed by atoms with E-state index in [1.807, 2.05) is 13.8 Å². The Kier molecular flexibility index (Phi) is 12.5. The second-order valence-corrected chi connectivity index (χ2v) is 5.51. The number of rotatable bonds is 4. The van der Waals surface area contributed by atoms with Gasteiger partial charge in [-0.2, -0.15) is 0 Å². The van der Waals surface area contributed by atoms with Crippen molar-refractivity contribution in [1.82, 2.24) is 5.32 Å². The molecule has 0 unspecified atom stereocenters. The van der Waals surface area contributed by atoms with Crippen LogP contribution in [0.25, 0.3) is 0 Å². The minimum absolute atomic E-state index is 0.186. The summed E-state index contributed by atoms with van der Waals surface area (Å²) in [5.41, 5.74) is 0.547. The smallest absolute Gasteiger partial charge is 0.323 e. The minimum atomic E-state index is -0.335. The van der Waals surface area contributed by atoms with Crippen molar-refractivity contribution in [3.8, 4) is 0 Å². The number of ketones is 1. The molecule has 6 heteroatoms. The minimum Gasteiger partial charge on any atom is -0.456 e. The standard InChI is InChI=1S/C13H14BrNO3.C2H6O.C2H6/c14-10-5-3-9(4-6-10)12(16)8-18-13(17)11-2-1-7-15-11;1-3-2;1-2/h3-6,11,15H,1-2,7-8H2;1-2H3;1-2H3/t11-;;/m0../s1. The summed E-state index contributed by atoms with van der Waals surface area (Å²) in [6, 6.07) is 6.73. The number of hydrogen-bond donors (Lipinski definition) is 1. The topological polar surface area (TPSA) is 64.6 Å². The summed E-state index contributed by atoms with van der Waals surface area (Å²) in [5.74, 6) is -0.521. The number of hydrogen-bond acceptors (Lipinski definition) is 5. The summed E-state index contributed by atoms with van der Waals surface area (Å²) in [6.45, 7) is 4.64. The molecule has 1 aromatic carbocycles. The molecule has 0 radical (unpaired) electrons. The number of ether oxygens (including phenoxy) is 2. The molecule has 1 aromatic rings. The Hall–Kier alpha value is -1.24. The highest BCUT2D eigenvalue weighted by Gasteiger charge is 2.24. The van der Waals surface area contributed by atoms with E-state index in [4.69, 9.17) is 4.74 Å². The van der Waals surface area contributed by atoms with E-state index in [9.17, 15) is 9.59 Å². The molecule has 5 nitrogen and oxygen atoms in total. The number of Topliss-reactive ketones (excluding diaryl/α,β-unsaturated/α-hetero) is 1. The summed E-state index contributed by atoms with van der Waals surface area (Å²) < 4.78 is 10.2. The lowest BCUT2D eigenvalue weighted by atomic mass is 10.1. The molecule has 0 saturated carbocycles. The Labute approximate surface area is 146 Å². The van der Waals surface area contributed by atoms with Crippen LogP contribution in [0.15, 0.2) is 28.7 Å². The molecule has 0 amide bonds. The molecule has 1 N–H and O–H groups in total. The van der Waals surface area contributed by atoms with Gasteiger partial charge in [0.1, 0.15) is 6.04 Å². The summed E-state index contributed by atoms with van der Waals surface area (Å²) in [7, 11) is 3.25. The molecular formula is C17H26BrNO4. The maximum atomic E-state index is 11.8. The molecule has 1 aliphatic heterocycles. The third-order valence-electron chi connectivity index (χ3n) is 2.86. The van der Waals surface area contributed by atoms with Crippen molar-refractivity contribution >= 4 is 27.7 Å². The normalized spacial score (nSPS) is 15.6.